The van der Waals surface area contributed by atoms with Crippen LogP contribution in [0.5, 0.6) is 0 Å². The van der Waals surface area contributed by atoms with Gasteiger partial charge in [0, 0.05) is 33.3 Å². The van der Waals surface area contributed by atoms with Gasteiger partial charge in [0.2, 0.25) is 0 Å². The molecule has 0 unspecified atom stereocenters. The van der Waals surface area contributed by atoms with Gasteiger partial charge in [-0.2, -0.15) is 5.10 Å². The number of hydrogen-bond donors (Lipinski definition) is 1. The van der Waals surface area contributed by atoms with Crippen LogP contribution in [-0.2, 0) is 17.9 Å². The summed E-state index contributed by atoms with van der Waals surface area (Å²) in [4.78, 5) is 36.9. The lowest BCUT2D eigenvalue weighted by molar-refractivity contribution is -0.131. The van der Waals surface area contributed by atoms with Crippen molar-refractivity contribution in [1.29, 1.82) is 0 Å². The zero-order valence-electron chi connectivity index (χ0n) is 15.1. The molecule has 2 aliphatic carbocycles. The molecule has 1 aromatic heterocycles. The monoisotopic (exact) mass is 360 g/mol. The summed E-state index contributed by atoms with van der Waals surface area (Å²) in [7, 11) is 3.47. The van der Waals surface area contributed by atoms with Gasteiger partial charge in [-0.15, -0.1) is 0 Å². The van der Waals surface area contributed by atoms with Gasteiger partial charge in [-0.1, -0.05) is 0 Å². The SMILES string of the molecule is CN(C)N=Cc1c(C=CC(=O)O)c(=O)n(CC2CC2)c(=O)n1CC1CC1. The van der Waals surface area contributed by atoms with E-state index in [1.807, 2.05) is 0 Å². The molecule has 0 spiro atoms. The van der Waals surface area contributed by atoms with E-state index in [0.717, 1.165) is 31.8 Å². The molecule has 0 aromatic carbocycles. The fourth-order valence-corrected chi connectivity index (χ4v) is 2.81. The molecule has 8 nitrogen and oxygen atoms in total. The predicted molar refractivity (Wildman–Crippen MR) is 98.4 cm³/mol. The van der Waals surface area contributed by atoms with Gasteiger partial charge in [-0.25, -0.2) is 9.59 Å². The highest BCUT2D eigenvalue weighted by atomic mass is 16.4. The van der Waals surface area contributed by atoms with Crippen LogP contribution in [0.4, 0.5) is 0 Å². The number of rotatable bonds is 8. The van der Waals surface area contributed by atoms with Gasteiger partial charge in [0.1, 0.15) is 0 Å². The second-order valence-electron chi connectivity index (χ2n) is 7.26. The number of hydrogen-bond acceptors (Lipinski definition) is 5. The van der Waals surface area contributed by atoms with Crippen LogP contribution in [0, 0.1) is 11.8 Å². The molecule has 8 heteroatoms. The van der Waals surface area contributed by atoms with E-state index in [4.69, 9.17) is 5.11 Å². The summed E-state index contributed by atoms with van der Waals surface area (Å²) in [5.41, 5.74) is -0.225. The molecule has 1 heterocycles. The molecule has 2 aliphatic rings. The van der Waals surface area contributed by atoms with E-state index >= 15 is 0 Å². The highest BCUT2D eigenvalue weighted by Crippen LogP contribution is 2.31. The molecular weight excluding hydrogens is 336 g/mol. The van der Waals surface area contributed by atoms with Crippen LogP contribution in [-0.4, -0.2) is 45.5 Å². The zero-order chi connectivity index (χ0) is 18.8. The summed E-state index contributed by atoms with van der Waals surface area (Å²) in [6.07, 6.45) is 7.80. The summed E-state index contributed by atoms with van der Waals surface area (Å²) in [6.45, 7) is 0.911. The quantitative estimate of drug-likeness (QED) is 0.421. The van der Waals surface area contributed by atoms with Crippen LogP contribution in [0.25, 0.3) is 6.08 Å². The lowest BCUT2D eigenvalue weighted by Gasteiger charge is -2.16. The highest BCUT2D eigenvalue weighted by molar-refractivity contribution is 5.89. The van der Waals surface area contributed by atoms with Crippen molar-refractivity contribution in [3.05, 3.63) is 38.2 Å². The Morgan fingerprint density at radius 1 is 1.15 bits per heavy atom. The number of carbonyl (C=O) groups is 1. The molecule has 0 aliphatic heterocycles. The van der Waals surface area contributed by atoms with Crippen molar-refractivity contribution in [2.75, 3.05) is 14.1 Å². The lowest BCUT2D eigenvalue weighted by atomic mass is 10.2. The predicted octanol–water partition coefficient (Wildman–Crippen LogP) is 0.823. The van der Waals surface area contributed by atoms with E-state index in [1.165, 1.54) is 16.9 Å². The largest absolute Gasteiger partial charge is 0.478 e. The van der Waals surface area contributed by atoms with Gasteiger partial charge in [-0.3, -0.25) is 13.9 Å². The molecule has 2 saturated carbocycles. The first-order valence-electron chi connectivity index (χ1n) is 8.86. The van der Waals surface area contributed by atoms with Crippen LogP contribution >= 0.6 is 0 Å². The first kappa shape index (κ1) is 18.2. The van der Waals surface area contributed by atoms with Gasteiger partial charge >= 0.3 is 11.7 Å². The fourth-order valence-electron chi connectivity index (χ4n) is 2.81. The molecule has 0 radical (unpaired) electrons. The third kappa shape index (κ3) is 4.30. The van der Waals surface area contributed by atoms with E-state index in [0.29, 0.717) is 30.6 Å². The maximum absolute atomic E-state index is 13.0. The average molecular weight is 360 g/mol. The molecule has 0 saturated heterocycles. The minimum atomic E-state index is -1.14. The molecular formula is C18H24N4O4. The molecule has 26 heavy (non-hydrogen) atoms. The van der Waals surface area contributed by atoms with Gasteiger partial charge in [0.05, 0.1) is 17.5 Å². The Hall–Kier alpha value is -2.64. The van der Waals surface area contributed by atoms with Crippen molar-refractivity contribution in [2.24, 2.45) is 16.9 Å². The molecule has 140 valence electrons. The van der Waals surface area contributed by atoms with Gasteiger partial charge in [-0.05, 0) is 43.6 Å². The Balaban J connectivity index is 2.20. The van der Waals surface area contributed by atoms with E-state index < -0.39 is 11.5 Å². The normalized spacial score (nSPS) is 17.3. The third-order valence-electron chi connectivity index (χ3n) is 4.58. The summed E-state index contributed by atoms with van der Waals surface area (Å²) in [6, 6.07) is 0. The van der Waals surface area contributed by atoms with Crippen LogP contribution in [0.15, 0.2) is 20.8 Å². The van der Waals surface area contributed by atoms with Crippen LogP contribution in [0.2, 0.25) is 0 Å². The van der Waals surface area contributed by atoms with Gasteiger partial charge < -0.3 is 10.1 Å². The van der Waals surface area contributed by atoms with Crippen molar-refractivity contribution in [1.82, 2.24) is 14.1 Å². The van der Waals surface area contributed by atoms with Crippen molar-refractivity contribution in [3.8, 4) is 0 Å². The molecule has 2 fully saturated rings. The Labute approximate surface area is 151 Å². The second kappa shape index (κ2) is 7.31. The number of hydrazone groups is 1. The number of nitrogens with zero attached hydrogens (tertiary/aromatic N) is 4. The first-order chi connectivity index (χ1) is 12.4. The average Bonchev–Trinajstić information content (AvgIpc) is 3.46. The van der Waals surface area contributed by atoms with Crippen molar-refractivity contribution < 1.29 is 9.90 Å². The molecule has 0 amide bonds. The molecule has 3 rings (SSSR count). The summed E-state index contributed by atoms with van der Waals surface area (Å²) >= 11 is 0. The number of aliphatic carboxylic acids is 1. The van der Waals surface area contributed by atoms with Crippen LogP contribution in [0.1, 0.15) is 36.9 Å². The summed E-state index contributed by atoms with van der Waals surface area (Å²) in [5, 5.41) is 14.7. The third-order valence-corrected chi connectivity index (χ3v) is 4.58. The Bertz CT molecular complexity index is 870. The number of carboxylic acid groups (broad SMARTS) is 1. The molecule has 0 bridgehead atoms. The molecule has 0 atom stereocenters. The van der Waals surface area contributed by atoms with Crippen molar-refractivity contribution in [3.63, 3.8) is 0 Å². The molecule has 1 aromatic rings. The number of aromatic nitrogens is 2. The maximum atomic E-state index is 13.0. The first-order valence-corrected chi connectivity index (χ1v) is 8.86. The van der Waals surface area contributed by atoms with E-state index in [9.17, 15) is 14.4 Å². The van der Waals surface area contributed by atoms with Gasteiger partial charge in [0.15, 0.2) is 0 Å². The maximum Gasteiger partial charge on any atom is 0.331 e. The minimum Gasteiger partial charge on any atom is -0.478 e. The molecule has 1 N–H and O–H groups in total. The topological polar surface area (TPSA) is 96.9 Å². The van der Waals surface area contributed by atoms with E-state index in [-0.39, 0.29) is 11.3 Å². The zero-order valence-corrected chi connectivity index (χ0v) is 15.1. The van der Waals surface area contributed by atoms with Crippen LogP contribution in [0.3, 0.4) is 0 Å². The fraction of sp³-hybridized carbons (Fsp3) is 0.556. The van der Waals surface area contributed by atoms with E-state index in [2.05, 4.69) is 5.10 Å². The minimum absolute atomic E-state index is 0.193. The highest BCUT2D eigenvalue weighted by Gasteiger charge is 2.28. The standard InChI is InChI=1S/C18H24N4O4/c1-20(2)19-9-15-14(7-8-16(23)24)17(25)22(11-13-5-6-13)18(26)21(15)10-12-3-4-12/h7-9,12-13H,3-6,10-11H2,1-2H3,(H,23,24). The lowest BCUT2D eigenvalue weighted by Crippen LogP contribution is -2.43. The second-order valence-corrected chi connectivity index (χ2v) is 7.26. The van der Waals surface area contributed by atoms with Gasteiger partial charge in [0.25, 0.3) is 5.56 Å². The van der Waals surface area contributed by atoms with Crippen LogP contribution < -0.4 is 11.2 Å². The number of carboxylic acids is 1. The Kier molecular flexibility index (Phi) is 5.11. The summed E-state index contributed by atoms with van der Waals surface area (Å²) < 4.78 is 2.84. The van der Waals surface area contributed by atoms with Crippen molar-refractivity contribution in [2.45, 2.75) is 38.8 Å². The summed E-state index contributed by atoms with van der Waals surface area (Å²) in [5.74, 6) is -0.372. The Morgan fingerprint density at radius 3 is 2.23 bits per heavy atom. The smallest absolute Gasteiger partial charge is 0.331 e. The van der Waals surface area contributed by atoms with E-state index in [1.54, 1.807) is 23.7 Å². The Morgan fingerprint density at radius 2 is 1.73 bits per heavy atom. The van der Waals surface area contributed by atoms with Crippen molar-refractivity contribution >= 4 is 18.3 Å².